The van der Waals surface area contributed by atoms with E-state index in [2.05, 4.69) is 10.9 Å². The van der Waals surface area contributed by atoms with Gasteiger partial charge in [-0.3, -0.25) is 20.4 Å². The Bertz CT molecular complexity index is 869. The van der Waals surface area contributed by atoms with Gasteiger partial charge < -0.3 is 14.2 Å². The summed E-state index contributed by atoms with van der Waals surface area (Å²) in [5, 5.41) is 0. The van der Waals surface area contributed by atoms with Gasteiger partial charge in [-0.15, -0.1) is 0 Å². The van der Waals surface area contributed by atoms with E-state index in [0.717, 1.165) is 0 Å². The molecule has 2 rings (SSSR count). The molecule has 2 aromatic rings. The lowest BCUT2D eigenvalue weighted by atomic mass is 10.1. The van der Waals surface area contributed by atoms with Crippen LogP contribution in [0.5, 0.6) is 17.2 Å². The number of ether oxygens (including phenoxy) is 3. The number of carbonyl (C=O) groups is 2. The smallest absolute Gasteiger partial charge is 0.279 e. The third-order valence-corrected chi connectivity index (χ3v) is 3.67. The highest BCUT2D eigenvalue weighted by Crippen LogP contribution is 2.25. The van der Waals surface area contributed by atoms with Crippen molar-refractivity contribution in [3.8, 4) is 17.2 Å². The van der Waals surface area contributed by atoms with Crippen LogP contribution in [0.2, 0.25) is 0 Å². The van der Waals surface area contributed by atoms with Gasteiger partial charge >= 0.3 is 0 Å². The van der Waals surface area contributed by atoms with Crippen LogP contribution in [-0.4, -0.2) is 32.1 Å². The maximum atomic E-state index is 13.6. The van der Waals surface area contributed by atoms with Crippen molar-refractivity contribution < 1.29 is 28.2 Å². The first-order chi connectivity index (χ1) is 13.4. The van der Waals surface area contributed by atoms with Gasteiger partial charge in [0.05, 0.1) is 14.2 Å². The molecule has 0 aliphatic carbocycles. The minimum atomic E-state index is -1.01. The third-order valence-electron chi connectivity index (χ3n) is 3.67. The molecule has 0 aromatic heterocycles. The molecule has 0 saturated heterocycles. The number of methoxy groups -OCH3 is 2. The molecule has 0 aliphatic rings. The van der Waals surface area contributed by atoms with Gasteiger partial charge in [0, 0.05) is 11.6 Å². The van der Waals surface area contributed by atoms with Gasteiger partial charge in [0.2, 0.25) is 0 Å². The fraction of sp³-hybridized carbons (Fsp3) is 0.200. The standard InChI is InChI=1S/C20H21FN2O5/c1-13(28-18-7-5-4-6-16(18)21)20(25)23-22-19(24)11-8-14-12-15(26-2)9-10-17(14)27-3/h4-13H,1-3H3,(H,22,24)(H,23,25)/b11-8+/t13-/m0/s1. The number of rotatable bonds is 7. The van der Waals surface area contributed by atoms with Crippen LogP contribution in [0, 0.1) is 5.82 Å². The molecule has 1 atom stereocenters. The number of hydrazine groups is 1. The molecule has 28 heavy (non-hydrogen) atoms. The molecule has 8 heteroatoms. The Balaban J connectivity index is 1.90. The van der Waals surface area contributed by atoms with E-state index in [4.69, 9.17) is 14.2 Å². The molecule has 2 N–H and O–H groups in total. The Morgan fingerprint density at radius 1 is 1.04 bits per heavy atom. The van der Waals surface area contributed by atoms with Crippen LogP contribution < -0.4 is 25.1 Å². The molecule has 0 fully saturated rings. The summed E-state index contributed by atoms with van der Waals surface area (Å²) in [6.07, 6.45) is 1.72. The molecule has 148 valence electrons. The second-order valence-electron chi connectivity index (χ2n) is 5.61. The largest absolute Gasteiger partial charge is 0.497 e. The Labute approximate surface area is 162 Å². The molecule has 0 aliphatic heterocycles. The van der Waals surface area contributed by atoms with Crippen LogP contribution in [0.15, 0.2) is 48.5 Å². The fourth-order valence-corrected chi connectivity index (χ4v) is 2.19. The molecule has 2 aromatic carbocycles. The van der Waals surface area contributed by atoms with Crippen molar-refractivity contribution in [1.82, 2.24) is 10.9 Å². The summed E-state index contributed by atoms with van der Waals surface area (Å²) in [5.41, 5.74) is 5.07. The van der Waals surface area contributed by atoms with Crippen molar-refractivity contribution in [2.75, 3.05) is 14.2 Å². The van der Waals surface area contributed by atoms with Gasteiger partial charge in [0.15, 0.2) is 17.7 Å². The molecule has 0 heterocycles. The zero-order valence-corrected chi connectivity index (χ0v) is 15.7. The van der Waals surface area contributed by atoms with E-state index in [0.29, 0.717) is 17.1 Å². The number of nitrogens with one attached hydrogen (secondary N) is 2. The molecule has 0 bridgehead atoms. The van der Waals surface area contributed by atoms with E-state index in [1.807, 2.05) is 0 Å². The van der Waals surface area contributed by atoms with Gasteiger partial charge in [-0.25, -0.2) is 4.39 Å². The first-order valence-electron chi connectivity index (χ1n) is 8.35. The highest BCUT2D eigenvalue weighted by atomic mass is 19.1. The minimum absolute atomic E-state index is 0.0542. The number of halogens is 1. The molecular weight excluding hydrogens is 367 g/mol. The van der Waals surface area contributed by atoms with Gasteiger partial charge in [-0.05, 0) is 43.3 Å². The van der Waals surface area contributed by atoms with E-state index >= 15 is 0 Å². The molecule has 0 saturated carbocycles. The van der Waals surface area contributed by atoms with E-state index in [-0.39, 0.29) is 5.75 Å². The molecule has 0 unspecified atom stereocenters. The van der Waals surface area contributed by atoms with Crippen molar-refractivity contribution in [2.45, 2.75) is 13.0 Å². The Morgan fingerprint density at radius 3 is 2.46 bits per heavy atom. The normalized spacial score (nSPS) is 11.6. The lowest BCUT2D eigenvalue weighted by molar-refractivity contribution is -0.131. The van der Waals surface area contributed by atoms with Crippen molar-refractivity contribution in [3.63, 3.8) is 0 Å². The van der Waals surface area contributed by atoms with Gasteiger partial charge in [-0.1, -0.05) is 12.1 Å². The van der Waals surface area contributed by atoms with Crippen LogP contribution in [0.4, 0.5) is 4.39 Å². The predicted molar refractivity (Wildman–Crippen MR) is 101 cm³/mol. The highest BCUT2D eigenvalue weighted by molar-refractivity contribution is 5.94. The van der Waals surface area contributed by atoms with Crippen LogP contribution in [0.25, 0.3) is 6.08 Å². The molecule has 7 nitrogen and oxygen atoms in total. The lowest BCUT2D eigenvalue weighted by Crippen LogP contribution is -2.46. The van der Waals surface area contributed by atoms with Crippen LogP contribution >= 0.6 is 0 Å². The summed E-state index contributed by atoms with van der Waals surface area (Å²) >= 11 is 0. The number of hydrogen-bond donors (Lipinski definition) is 2. The van der Waals surface area contributed by atoms with E-state index < -0.39 is 23.7 Å². The summed E-state index contributed by atoms with van der Waals surface area (Å²) in [4.78, 5) is 23.9. The van der Waals surface area contributed by atoms with Crippen molar-refractivity contribution in [1.29, 1.82) is 0 Å². The maximum absolute atomic E-state index is 13.6. The highest BCUT2D eigenvalue weighted by Gasteiger charge is 2.16. The molecule has 0 spiro atoms. The summed E-state index contributed by atoms with van der Waals surface area (Å²) in [7, 11) is 3.04. The lowest BCUT2D eigenvalue weighted by Gasteiger charge is -2.15. The topological polar surface area (TPSA) is 85.9 Å². The summed E-state index contributed by atoms with van der Waals surface area (Å²) < 4.78 is 29.1. The average molecular weight is 388 g/mol. The van der Waals surface area contributed by atoms with Crippen LogP contribution in [0.3, 0.4) is 0 Å². The van der Waals surface area contributed by atoms with Gasteiger partial charge in [0.1, 0.15) is 11.5 Å². The quantitative estimate of drug-likeness (QED) is 0.562. The second kappa shape index (κ2) is 9.96. The first kappa shape index (κ1) is 20.8. The Hall–Kier alpha value is -3.55. The number of hydrogen-bond acceptors (Lipinski definition) is 5. The minimum Gasteiger partial charge on any atom is -0.497 e. The summed E-state index contributed by atoms with van der Waals surface area (Å²) in [6, 6.07) is 10.9. The summed E-state index contributed by atoms with van der Waals surface area (Å²) in [5.74, 6) is -0.683. The second-order valence-corrected chi connectivity index (χ2v) is 5.61. The van der Waals surface area contributed by atoms with Crippen molar-refractivity contribution >= 4 is 17.9 Å². The van der Waals surface area contributed by atoms with E-state index in [9.17, 15) is 14.0 Å². The number of benzene rings is 2. The zero-order chi connectivity index (χ0) is 20.5. The first-order valence-corrected chi connectivity index (χ1v) is 8.35. The van der Waals surface area contributed by atoms with Crippen molar-refractivity contribution in [2.24, 2.45) is 0 Å². The molecule has 2 amide bonds. The predicted octanol–water partition coefficient (Wildman–Crippen LogP) is 2.47. The SMILES string of the molecule is COc1ccc(OC)c(/C=C/C(=O)NNC(=O)[C@H](C)Oc2ccccc2F)c1. The van der Waals surface area contributed by atoms with Gasteiger partial charge in [0.25, 0.3) is 11.8 Å². The maximum Gasteiger partial charge on any atom is 0.279 e. The fourth-order valence-electron chi connectivity index (χ4n) is 2.19. The average Bonchev–Trinajstić information content (AvgIpc) is 2.71. The molecule has 0 radical (unpaired) electrons. The third kappa shape index (κ3) is 5.73. The molecular formula is C20H21FN2O5. The Kier molecular flexibility index (Phi) is 7.38. The zero-order valence-electron chi connectivity index (χ0n) is 15.7. The van der Waals surface area contributed by atoms with Gasteiger partial charge in [-0.2, -0.15) is 0 Å². The number of para-hydroxylation sites is 1. The number of amides is 2. The summed E-state index contributed by atoms with van der Waals surface area (Å²) in [6.45, 7) is 1.44. The van der Waals surface area contributed by atoms with E-state index in [1.54, 1.807) is 24.3 Å². The van der Waals surface area contributed by atoms with Crippen LogP contribution in [0.1, 0.15) is 12.5 Å². The van der Waals surface area contributed by atoms with E-state index in [1.165, 1.54) is 51.5 Å². The van der Waals surface area contributed by atoms with Crippen molar-refractivity contribution in [3.05, 3.63) is 59.9 Å². The Morgan fingerprint density at radius 2 is 1.79 bits per heavy atom. The monoisotopic (exact) mass is 388 g/mol. The number of carbonyl (C=O) groups excluding carboxylic acids is 2. The van der Waals surface area contributed by atoms with Crippen LogP contribution in [-0.2, 0) is 9.59 Å².